The molecule has 0 saturated carbocycles. The van der Waals surface area contributed by atoms with Crippen molar-refractivity contribution in [2.45, 2.75) is 45.2 Å². The molecule has 0 fully saturated rings. The fourth-order valence-corrected chi connectivity index (χ4v) is 2.50. The molecule has 1 amide bonds. The highest BCUT2D eigenvalue weighted by Crippen LogP contribution is 2.11. The van der Waals surface area contributed by atoms with E-state index in [1.54, 1.807) is 6.07 Å². The molecule has 23 heavy (non-hydrogen) atoms. The van der Waals surface area contributed by atoms with E-state index in [0.717, 1.165) is 25.7 Å². The van der Waals surface area contributed by atoms with Crippen LogP contribution in [0.1, 0.15) is 47.9 Å². The summed E-state index contributed by atoms with van der Waals surface area (Å²) in [5.41, 5.74) is 7.34. The first-order valence-corrected chi connectivity index (χ1v) is 7.85. The highest BCUT2D eigenvalue weighted by Gasteiger charge is 2.15. The van der Waals surface area contributed by atoms with E-state index in [9.17, 15) is 4.79 Å². The van der Waals surface area contributed by atoms with Gasteiger partial charge in [-0.25, -0.2) is 0 Å². The van der Waals surface area contributed by atoms with Gasteiger partial charge in [0, 0.05) is 6.04 Å². The van der Waals surface area contributed by atoms with Crippen molar-refractivity contribution in [1.82, 2.24) is 5.32 Å². The molecular weight excluding hydrogens is 312 g/mol. The molecule has 1 heterocycles. The minimum atomic E-state index is -0.0880. The van der Waals surface area contributed by atoms with Gasteiger partial charge in [0.15, 0.2) is 0 Å². The first kappa shape index (κ1) is 19.3. The van der Waals surface area contributed by atoms with E-state index >= 15 is 0 Å². The number of benzene rings is 1. The Morgan fingerprint density at radius 1 is 1.26 bits per heavy atom. The maximum atomic E-state index is 12.3. The third kappa shape index (κ3) is 6.08. The average Bonchev–Trinajstić information content (AvgIpc) is 3.03. The highest BCUT2D eigenvalue weighted by molar-refractivity contribution is 5.94. The molecule has 0 aliphatic rings. The standard InChI is InChI=1S/C18H24N2O2.ClH/c1-2-6-16(10-9-14-7-4-3-5-8-14)20-18(21)15-11-17(12-19)22-13-15;/h3-5,7-8,11,13,16H,2,6,9-10,12,19H2,1H3,(H,20,21);1H. The summed E-state index contributed by atoms with van der Waals surface area (Å²) in [6.45, 7) is 2.44. The summed E-state index contributed by atoms with van der Waals surface area (Å²) in [5, 5.41) is 3.10. The van der Waals surface area contributed by atoms with Gasteiger partial charge in [0.25, 0.3) is 5.91 Å². The van der Waals surface area contributed by atoms with Gasteiger partial charge in [0.1, 0.15) is 12.0 Å². The molecule has 0 saturated heterocycles. The molecule has 3 N–H and O–H groups in total. The lowest BCUT2D eigenvalue weighted by atomic mass is 10.0. The van der Waals surface area contributed by atoms with Gasteiger partial charge >= 0.3 is 0 Å². The lowest BCUT2D eigenvalue weighted by Crippen LogP contribution is -2.35. The molecule has 126 valence electrons. The van der Waals surface area contributed by atoms with Gasteiger partial charge in [0.05, 0.1) is 12.1 Å². The molecule has 1 aromatic heterocycles. The smallest absolute Gasteiger partial charge is 0.254 e. The van der Waals surface area contributed by atoms with E-state index in [2.05, 4.69) is 24.4 Å². The Labute approximate surface area is 143 Å². The number of hydrogen-bond acceptors (Lipinski definition) is 3. The van der Waals surface area contributed by atoms with Crippen molar-refractivity contribution in [3.8, 4) is 0 Å². The van der Waals surface area contributed by atoms with E-state index in [0.29, 0.717) is 17.9 Å². The number of halogens is 1. The molecular formula is C18H25ClN2O2. The monoisotopic (exact) mass is 336 g/mol. The van der Waals surface area contributed by atoms with E-state index in [1.165, 1.54) is 11.8 Å². The lowest BCUT2D eigenvalue weighted by Gasteiger charge is -2.17. The van der Waals surface area contributed by atoms with E-state index in [1.807, 2.05) is 18.2 Å². The number of carbonyl (C=O) groups is 1. The van der Waals surface area contributed by atoms with E-state index < -0.39 is 0 Å². The molecule has 2 rings (SSSR count). The van der Waals surface area contributed by atoms with Gasteiger partial charge in [0.2, 0.25) is 0 Å². The molecule has 0 aliphatic carbocycles. The van der Waals surface area contributed by atoms with Crippen LogP contribution in [-0.2, 0) is 13.0 Å². The molecule has 0 bridgehead atoms. The molecule has 0 radical (unpaired) electrons. The molecule has 0 aliphatic heterocycles. The summed E-state index contributed by atoms with van der Waals surface area (Å²) >= 11 is 0. The van der Waals surface area contributed by atoms with Crippen LogP contribution in [0.3, 0.4) is 0 Å². The van der Waals surface area contributed by atoms with Crippen LogP contribution in [0.25, 0.3) is 0 Å². The fourth-order valence-electron chi connectivity index (χ4n) is 2.50. The predicted octanol–water partition coefficient (Wildman–Crippen LogP) is 3.69. The normalized spacial score (nSPS) is 11.6. The number of carbonyl (C=O) groups excluding carboxylic acids is 1. The SMILES string of the molecule is CCCC(CCc1ccccc1)NC(=O)c1coc(CN)c1.Cl. The van der Waals surface area contributed by atoms with Crippen LogP contribution in [0.5, 0.6) is 0 Å². The maximum Gasteiger partial charge on any atom is 0.254 e. The molecule has 2 aromatic rings. The number of furan rings is 1. The van der Waals surface area contributed by atoms with Crippen molar-refractivity contribution >= 4 is 18.3 Å². The fraction of sp³-hybridized carbons (Fsp3) is 0.389. The topological polar surface area (TPSA) is 68.3 Å². The van der Waals surface area contributed by atoms with Crippen LogP contribution in [0.15, 0.2) is 47.1 Å². The summed E-state index contributed by atoms with van der Waals surface area (Å²) in [6, 6.07) is 12.2. The number of nitrogens with two attached hydrogens (primary N) is 1. The number of hydrogen-bond donors (Lipinski definition) is 2. The number of rotatable bonds is 8. The third-order valence-corrected chi connectivity index (χ3v) is 3.71. The molecule has 4 nitrogen and oxygen atoms in total. The Bertz CT molecular complexity index is 584. The molecule has 1 unspecified atom stereocenters. The van der Waals surface area contributed by atoms with Crippen LogP contribution < -0.4 is 11.1 Å². The second-order valence-corrected chi connectivity index (χ2v) is 5.49. The van der Waals surface area contributed by atoms with Crippen molar-refractivity contribution in [3.63, 3.8) is 0 Å². The van der Waals surface area contributed by atoms with Crippen LogP contribution in [-0.4, -0.2) is 11.9 Å². The van der Waals surface area contributed by atoms with Gasteiger partial charge in [-0.15, -0.1) is 12.4 Å². The summed E-state index contributed by atoms with van der Waals surface area (Å²) in [6.07, 6.45) is 5.38. The van der Waals surface area contributed by atoms with Gasteiger partial charge in [-0.1, -0.05) is 43.7 Å². The van der Waals surface area contributed by atoms with Crippen molar-refractivity contribution < 1.29 is 9.21 Å². The van der Waals surface area contributed by atoms with Gasteiger partial charge in [-0.3, -0.25) is 4.79 Å². The maximum absolute atomic E-state index is 12.3. The zero-order chi connectivity index (χ0) is 15.8. The largest absolute Gasteiger partial charge is 0.467 e. The first-order valence-electron chi connectivity index (χ1n) is 7.85. The highest BCUT2D eigenvalue weighted by atomic mass is 35.5. The second-order valence-electron chi connectivity index (χ2n) is 5.49. The summed E-state index contributed by atoms with van der Waals surface area (Å²) < 4.78 is 5.22. The molecule has 1 atom stereocenters. The van der Waals surface area contributed by atoms with Crippen molar-refractivity contribution in [1.29, 1.82) is 0 Å². The minimum absolute atomic E-state index is 0. The van der Waals surface area contributed by atoms with Crippen molar-refractivity contribution in [2.24, 2.45) is 5.73 Å². The van der Waals surface area contributed by atoms with Gasteiger partial charge < -0.3 is 15.5 Å². The quantitative estimate of drug-likeness (QED) is 0.772. The van der Waals surface area contributed by atoms with Crippen LogP contribution >= 0.6 is 12.4 Å². The van der Waals surface area contributed by atoms with Crippen molar-refractivity contribution in [2.75, 3.05) is 0 Å². The molecule has 1 aromatic carbocycles. The predicted molar refractivity (Wildman–Crippen MR) is 94.8 cm³/mol. The van der Waals surface area contributed by atoms with Crippen LogP contribution in [0.4, 0.5) is 0 Å². The Morgan fingerprint density at radius 3 is 2.61 bits per heavy atom. The Morgan fingerprint density at radius 2 is 2.00 bits per heavy atom. The number of nitrogens with one attached hydrogen (secondary N) is 1. The molecule has 0 spiro atoms. The Kier molecular flexibility index (Phi) is 8.45. The van der Waals surface area contributed by atoms with E-state index in [4.69, 9.17) is 10.2 Å². The second kappa shape index (κ2) is 10.1. The summed E-state index contributed by atoms with van der Waals surface area (Å²) in [5.74, 6) is 0.538. The van der Waals surface area contributed by atoms with Crippen LogP contribution in [0.2, 0.25) is 0 Å². The zero-order valence-electron chi connectivity index (χ0n) is 13.5. The van der Waals surface area contributed by atoms with Gasteiger partial charge in [-0.05, 0) is 30.9 Å². The summed E-state index contributed by atoms with van der Waals surface area (Å²) in [4.78, 5) is 12.3. The Hall–Kier alpha value is -1.78. The molecule has 5 heteroatoms. The Balaban J connectivity index is 0.00000264. The third-order valence-electron chi connectivity index (χ3n) is 3.71. The lowest BCUT2D eigenvalue weighted by molar-refractivity contribution is 0.0932. The van der Waals surface area contributed by atoms with Gasteiger partial charge in [-0.2, -0.15) is 0 Å². The summed E-state index contributed by atoms with van der Waals surface area (Å²) in [7, 11) is 0. The van der Waals surface area contributed by atoms with Crippen LogP contribution in [0, 0.1) is 0 Å². The number of aryl methyl sites for hydroxylation is 1. The number of amides is 1. The minimum Gasteiger partial charge on any atom is -0.467 e. The first-order chi connectivity index (χ1) is 10.7. The van der Waals surface area contributed by atoms with E-state index in [-0.39, 0.29) is 24.4 Å². The average molecular weight is 337 g/mol. The zero-order valence-corrected chi connectivity index (χ0v) is 14.3. The van der Waals surface area contributed by atoms with Crippen molar-refractivity contribution in [3.05, 3.63) is 59.5 Å².